The van der Waals surface area contributed by atoms with E-state index in [2.05, 4.69) is 4.98 Å². The molecule has 0 aliphatic heterocycles. The highest BCUT2D eigenvalue weighted by atomic mass is 14.7. The second kappa shape index (κ2) is 2.91. The minimum absolute atomic E-state index is 0.505. The van der Waals surface area contributed by atoms with Gasteiger partial charge in [0, 0.05) is 11.9 Å². The SMILES string of the molecule is NCc1ccc2ccccc2n1. The molecular weight excluding hydrogens is 148 g/mol. The van der Waals surface area contributed by atoms with Gasteiger partial charge in [-0.1, -0.05) is 24.3 Å². The summed E-state index contributed by atoms with van der Waals surface area (Å²) in [6, 6.07) is 12.0. The highest BCUT2D eigenvalue weighted by molar-refractivity contribution is 5.78. The molecule has 2 nitrogen and oxygen atoms in total. The molecule has 2 heteroatoms. The van der Waals surface area contributed by atoms with Gasteiger partial charge in [0.2, 0.25) is 0 Å². The monoisotopic (exact) mass is 158 g/mol. The number of para-hydroxylation sites is 1. The molecule has 60 valence electrons. The van der Waals surface area contributed by atoms with Gasteiger partial charge in [-0.05, 0) is 12.1 Å². The lowest BCUT2D eigenvalue weighted by molar-refractivity contribution is 1.01. The minimum atomic E-state index is 0.505. The summed E-state index contributed by atoms with van der Waals surface area (Å²) in [6.45, 7) is 0.505. The number of fused-ring (bicyclic) bond motifs is 1. The molecule has 2 N–H and O–H groups in total. The van der Waals surface area contributed by atoms with Crippen LogP contribution < -0.4 is 5.73 Å². The third-order valence-electron chi connectivity index (χ3n) is 1.87. The summed E-state index contributed by atoms with van der Waals surface area (Å²) in [6.07, 6.45) is 0. The molecule has 0 bridgehead atoms. The van der Waals surface area contributed by atoms with Gasteiger partial charge in [0.25, 0.3) is 0 Å². The van der Waals surface area contributed by atoms with E-state index in [-0.39, 0.29) is 0 Å². The fraction of sp³-hybridized carbons (Fsp3) is 0.100. The van der Waals surface area contributed by atoms with Crippen LogP contribution in [0.4, 0.5) is 0 Å². The maximum absolute atomic E-state index is 5.48. The molecule has 0 fully saturated rings. The van der Waals surface area contributed by atoms with Crippen molar-refractivity contribution in [1.82, 2.24) is 4.98 Å². The predicted octanol–water partition coefficient (Wildman–Crippen LogP) is 1.69. The van der Waals surface area contributed by atoms with Crippen LogP contribution in [0.1, 0.15) is 5.69 Å². The van der Waals surface area contributed by atoms with Crippen LogP contribution in [0.3, 0.4) is 0 Å². The molecule has 0 atom stereocenters. The summed E-state index contributed by atoms with van der Waals surface area (Å²) in [7, 11) is 0. The van der Waals surface area contributed by atoms with Crippen LogP contribution in [0.25, 0.3) is 10.9 Å². The first-order valence-corrected chi connectivity index (χ1v) is 3.95. The Labute approximate surface area is 71.0 Å². The Bertz CT molecular complexity index is 396. The molecule has 0 spiro atoms. The lowest BCUT2D eigenvalue weighted by Crippen LogP contribution is -1.98. The number of hydrogen-bond donors (Lipinski definition) is 1. The Hall–Kier alpha value is -1.41. The summed E-state index contributed by atoms with van der Waals surface area (Å²) in [5, 5.41) is 1.16. The van der Waals surface area contributed by atoms with Crippen molar-refractivity contribution in [2.75, 3.05) is 0 Å². The Morgan fingerprint density at radius 1 is 1.08 bits per heavy atom. The van der Waals surface area contributed by atoms with Gasteiger partial charge < -0.3 is 5.73 Å². The van der Waals surface area contributed by atoms with Crippen molar-refractivity contribution < 1.29 is 0 Å². The van der Waals surface area contributed by atoms with E-state index in [4.69, 9.17) is 5.73 Å². The fourth-order valence-electron chi connectivity index (χ4n) is 1.22. The standard InChI is InChI=1S/C10H10N2/c11-7-9-6-5-8-3-1-2-4-10(8)12-9/h1-6H,7,11H2. The molecule has 0 radical (unpaired) electrons. The van der Waals surface area contributed by atoms with Crippen molar-refractivity contribution in [1.29, 1.82) is 0 Å². The Morgan fingerprint density at radius 3 is 2.75 bits per heavy atom. The number of pyridine rings is 1. The average Bonchev–Trinajstić information content (AvgIpc) is 2.17. The minimum Gasteiger partial charge on any atom is -0.325 e. The first-order valence-electron chi connectivity index (χ1n) is 3.95. The number of nitrogens with zero attached hydrogens (tertiary/aromatic N) is 1. The maximum atomic E-state index is 5.48. The molecule has 0 aliphatic carbocycles. The molecule has 1 aromatic carbocycles. The van der Waals surface area contributed by atoms with Gasteiger partial charge in [-0.25, -0.2) is 0 Å². The molecule has 2 aromatic rings. The molecule has 0 saturated carbocycles. The van der Waals surface area contributed by atoms with Crippen LogP contribution >= 0.6 is 0 Å². The first-order chi connectivity index (χ1) is 5.90. The van der Waals surface area contributed by atoms with Gasteiger partial charge in [0.15, 0.2) is 0 Å². The van der Waals surface area contributed by atoms with Gasteiger partial charge in [0.1, 0.15) is 0 Å². The van der Waals surface area contributed by atoms with Crippen LogP contribution in [0.5, 0.6) is 0 Å². The van der Waals surface area contributed by atoms with Crippen molar-refractivity contribution in [3.05, 3.63) is 42.1 Å². The number of hydrogen-bond acceptors (Lipinski definition) is 2. The lowest BCUT2D eigenvalue weighted by atomic mass is 10.2. The predicted molar refractivity (Wildman–Crippen MR) is 49.6 cm³/mol. The molecule has 0 unspecified atom stereocenters. The summed E-state index contributed by atoms with van der Waals surface area (Å²) in [5.74, 6) is 0. The number of aromatic nitrogens is 1. The van der Waals surface area contributed by atoms with E-state index in [1.54, 1.807) is 0 Å². The zero-order valence-corrected chi connectivity index (χ0v) is 6.70. The van der Waals surface area contributed by atoms with Crippen LogP contribution in [0.2, 0.25) is 0 Å². The van der Waals surface area contributed by atoms with E-state index in [0.717, 1.165) is 16.6 Å². The number of rotatable bonds is 1. The zero-order chi connectivity index (χ0) is 8.39. The second-order valence-electron chi connectivity index (χ2n) is 2.70. The third-order valence-corrected chi connectivity index (χ3v) is 1.87. The van der Waals surface area contributed by atoms with E-state index >= 15 is 0 Å². The topological polar surface area (TPSA) is 38.9 Å². The Balaban J connectivity index is 2.67. The fourth-order valence-corrected chi connectivity index (χ4v) is 1.22. The quantitative estimate of drug-likeness (QED) is 0.686. The van der Waals surface area contributed by atoms with Gasteiger partial charge >= 0.3 is 0 Å². The van der Waals surface area contributed by atoms with Gasteiger partial charge in [-0.3, -0.25) is 4.98 Å². The van der Waals surface area contributed by atoms with Crippen LogP contribution in [0, 0.1) is 0 Å². The van der Waals surface area contributed by atoms with Gasteiger partial charge in [-0.2, -0.15) is 0 Å². The highest BCUT2D eigenvalue weighted by Crippen LogP contribution is 2.10. The average molecular weight is 158 g/mol. The molecule has 0 saturated heterocycles. The molecule has 1 heterocycles. The smallest absolute Gasteiger partial charge is 0.0705 e. The zero-order valence-electron chi connectivity index (χ0n) is 6.70. The van der Waals surface area contributed by atoms with E-state index in [1.807, 2.05) is 36.4 Å². The molecule has 0 aliphatic rings. The van der Waals surface area contributed by atoms with E-state index in [9.17, 15) is 0 Å². The van der Waals surface area contributed by atoms with E-state index in [0.29, 0.717) is 6.54 Å². The highest BCUT2D eigenvalue weighted by Gasteiger charge is 1.93. The number of benzene rings is 1. The lowest BCUT2D eigenvalue weighted by Gasteiger charge is -1.98. The van der Waals surface area contributed by atoms with Crippen molar-refractivity contribution in [2.45, 2.75) is 6.54 Å². The van der Waals surface area contributed by atoms with Gasteiger partial charge in [0.05, 0.1) is 11.2 Å². The van der Waals surface area contributed by atoms with Crippen molar-refractivity contribution in [3.8, 4) is 0 Å². The second-order valence-corrected chi connectivity index (χ2v) is 2.70. The normalized spacial score (nSPS) is 10.4. The largest absolute Gasteiger partial charge is 0.325 e. The summed E-state index contributed by atoms with van der Waals surface area (Å²) in [4.78, 5) is 4.37. The Morgan fingerprint density at radius 2 is 1.92 bits per heavy atom. The van der Waals surface area contributed by atoms with Crippen LogP contribution in [-0.4, -0.2) is 4.98 Å². The summed E-state index contributed by atoms with van der Waals surface area (Å²) >= 11 is 0. The van der Waals surface area contributed by atoms with E-state index < -0.39 is 0 Å². The van der Waals surface area contributed by atoms with E-state index in [1.165, 1.54) is 0 Å². The molecule has 2 rings (SSSR count). The number of nitrogens with two attached hydrogens (primary N) is 1. The first kappa shape index (κ1) is 7.25. The third kappa shape index (κ3) is 1.17. The van der Waals surface area contributed by atoms with Crippen molar-refractivity contribution in [2.24, 2.45) is 5.73 Å². The molecule has 0 amide bonds. The summed E-state index contributed by atoms with van der Waals surface area (Å²) in [5.41, 5.74) is 7.43. The Kier molecular flexibility index (Phi) is 1.76. The maximum Gasteiger partial charge on any atom is 0.0705 e. The molecular formula is C10H10N2. The van der Waals surface area contributed by atoms with Crippen molar-refractivity contribution >= 4 is 10.9 Å². The van der Waals surface area contributed by atoms with Crippen molar-refractivity contribution in [3.63, 3.8) is 0 Å². The molecule has 1 aromatic heterocycles. The van der Waals surface area contributed by atoms with Crippen LogP contribution in [0.15, 0.2) is 36.4 Å². The van der Waals surface area contributed by atoms with Gasteiger partial charge in [-0.15, -0.1) is 0 Å². The van der Waals surface area contributed by atoms with Crippen LogP contribution in [-0.2, 0) is 6.54 Å². The summed E-state index contributed by atoms with van der Waals surface area (Å²) < 4.78 is 0. The molecule has 12 heavy (non-hydrogen) atoms.